The van der Waals surface area contributed by atoms with Gasteiger partial charge in [-0.25, -0.2) is 15.4 Å². The molecule has 0 bridgehead atoms. The molecule has 1 heterocycles. The van der Waals surface area contributed by atoms with Crippen molar-refractivity contribution in [3.8, 4) is 17.0 Å². The van der Waals surface area contributed by atoms with Gasteiger partial charge in [0.05, 0.1) is 11.9 Å². The van der Waals surface area contributed by atoms with Crippen molar-refractivity contribution in [3.05, 3.63) is 71.9 Å². The second-order valence-electron chi connectivity index (χ2n) is 5.05. The minimum absolute atomic E-state index is 0.227. The number of nitrogens with one attached hydrogen (secondary N) is 1. The number of hydrogen-bond donors (Lipinski definition) is 2. The SMILES string of the molecule is Cc1cc(-c2ccccc2)nc(N/N=C\c2ccc(O)cc2)n1. The topological polar surface area (TPSA) is 70.4 Å². The number of nitrogens with zero attached hydrogens (tertiary/aromatic N) is 3. The smallest absolute Gasteiger partial charge is 0.244 e. The molecular weight excluding hydrogens is 288 g/mol. The molecule has 0 aliphatic carbocycles. The van der Waals surface area contributed by atoms with Crippen molar-refractivity contribution >= 4 is 12.2 Å². The van der Waals surface area contributed by atoms with Crippen LogP contribution in [-0.2, 0) is 0 Å². The van der Waals surface area contributed by atoms with E-state index >= 15 is 0 Å². The van der Waals surface area contributed by atoms with Crippen molar-refractivity contribution in [1.29, 1.82) is 0 Å². The molecule has 0 saturated carbocycles. The molecule has 0 aliphatic rings. The number of benzene rings is 2. The van der Waals surface area contributed by atoms with Gasteiger partial charge in [-0.05, 0) is 42.8 Å². The number of anilines is 1. The molecule has 2 N–H and O–H groups in total. The highest BCUT2D eigenvalue weighted by atomic mass is 16.3. The fourth-order valence-corrected chi connectivity index (χ4v) is 2.10. The average molecular weight is 304 g/mol. The third kappa shape index (κ3) is 3.91. The van der Waals surface area contributed by atoms with E-state index in [0.29, 0.717) is 5.95 Å². The minimum Gasteiger partial charge on any atom is -0.508 e. The van der Waals surface area contributed by atoms with E-state index in [1.165, 1.54) is 0 Å². The Labute approximate surface area is 134 Å². The molecule has 0 amide bonds. The van der Waals surface area contributed by atoms with Crippen LogP contribution in [0.3, 0.4) is 0 Å². The monoisotopic (exact) mass is 304 g/mol. The highest BCUT2D eigenvalue weighted by Crippen LogP contribution is 2.18. The summed E-state index contributed by atoms with van der Waals surface area (Å²) in [6.45, 7) is 1.92. The summed E-state index contributed by atoms with van der Waals surface area (Å²) in [6, 6.07) is 18.6. The summed E-state index contributed by atoms with van der Waals surface area (Å²) in [4.78, 5) is 8.80. The van der Waals surface area contributed by atoms with Crippen LogP contribution < -0.4 is 5.43 Å². The Hall–Kier alpha value is -3.21. The van der Waals surface area contributed by atoms with Crippen molar-refractivity contribution in [2.24, 2.45) is 5.10 Å². The molecule has 0 aliphatic heterocycles. The molecule has 3 aromatic rings. The predicted molar refractivity (Wildman–Crippen MR) is 91.5 cm³/mol. The van der Waals surface area contributed by atoms with Crippen LogP contribution in [0.4, 0.5) is 5.95 Å². The van der Waals surface area contributed by atoms with Crippen LogP contribution >= 0.6 is 0 Å². The van der Waals surface area contributed by atoms with Gasteiger partial charge in [-0.15, -0.1) is 0 Å². The van der Waals surface area contributed by atoms with E-state index in [9.17, 15) is 5.11 Å². The zero-order valence-electron chi connectivity index (χ0n) is 12.6. The number of hydrogen-bond acceptors (Lipinski definition) is 5. The fraction of sp³-hybridized carbons (Fsp3) is 0.0556. The molecule has 0 radical (unpaired) electrons. The quantitative estimate of drug-likeness (QED) is 0.570. The van der Waals surface area contributed by atoms with Crippen LogP contribution in [0.1, 0.15) is 11.3 Å². The summed E-state index contributed by atoms with van der Waals surface area (Å²) < 4.78 is 0. The number of rotatable bonds is 4. The lowest BCUT2D eigenvalue weighted by atomic mass is 10.1. The summed E-state index contributed by atoms with van der Waals surface area (Å²) in [6.07, 6.45) is 1.65. The van der Waals surface area contributed by atoms with Crippen molar-refractivity contribution in [2.75, 3.05) is 5.43 Å². The summed E-state index contributed by atoms with van der Waals surface area (Å²) in [5.74, 6) is 0.670. The number of phenolic OH excluding ortho intramolecular Hbond substituents is 1. The van der Waals surface area contributed by atoms with Gasteiger partial charge >= 0.3 is 0 Å². The highest BCUT2D eigenvalue weighted by molar-refractivity contribution is 5.80. The summed E-state index contributed by atoms with van der Waals surface area (Å²) >= 11 is 0. The van der Waals surface area contributed by atoms with Crippen LogP contribution in [0, 0.1) is 6.92 Å². The third-order valence-corrected chi connectivity index (χ3v) is 3.20. The number of aromatic nitrogens is 2. The molecule has 0 atom stereocenters. The van der Waals surface area contributed by atoms with E-state index in [2.05, 4.69) is 20.5 Å². The van der Waals surface area contributed by atoms with Gasteiger partial charge in [0.25, 0.3) is 0 Å². The molecule has 1 aromatic heterocycles. The van der Waals surface area contributed by atoms with Crippen LogP contribution in [-0.4, -0.2) is 21.3 Å². The predicted octanol–water partition coefficient (Wildman–Crippen LogP) is 3.60. The number of phenols is 1. The van der Waals surface area contributed by atoms with E-state index in [1.807, 2.05) is 43.3 Å². The first-order chi connectivity index (χ1) is 11.2. The van der Waals surface area contributed by atoms with Crippen molar-refractivity contribution < 1.29 is 5.11 Å². The normalized spacial score (nSPS) is 10.8. The maximum atomic E-state index is 9.25. The maximum absolute atomic E-state index is 9.25. The van der Waals surface area contributed by atoms with Crippen LogP contribution in [0.15, 0.2) is 65.8 Å². The molecule has 23 heavy (non-hydrogen) atoms. The Kier molecular flexibility index (Phi) is 4.29. The summed E-state index contributed by atoms with van der Waals surface area (Å²) in [5, 5.41) is 13.4. The lowest BCUT2D eigenvalue weighted by molar-refractivity contribution is 0.475. The molecule has 5 heteroatoms. The largest absolute Gasteiger partial charge is 0.508 e. The Morgan fingerprint density at radius 1 is 1.00 bits per heavy atom. The Morgan fingerprint density at radius 2 is 1.74 bits per heavy atom. The molecule has 0 spiro atoms. The summed E-state index contributed by atoms with van der Waals surface area (Å²) in [7, 11) is 0. The van der Waals surface area contributed by atoms with Gasteiger partial charge in [-0.1, -0.05) is 30.3 Å². The molecular formula is C18H16N4O. The lowest BCUT2D eigenvalue weighted by Gasteiger charge is -2.05. The van der Waals surface area contributed by atoms with Gasteiger partial charge in [0, 0.05) is 11.3 Å². The molecule has 0 unspecified atom stereocenters. The van der Waals surface area contributed by atoms with Crippen LogP contribution in [0.5, 0.6) is 5.75 Å². The molecule has 3 rings (SSSR count). The Morgan fingerprint density at radius 3 is 2.48 bits per heavy atom. The third-order valence-electron chi connectivity index (χ3n) is 3.20. The number of aryl methyl sites for hydroxylation is 1. The molecule has 5 nitrogen and oxygen atoms in total. The average Bonchev–Trinajstić information content (AvgIpc) is 2.57. The van der Waals surface area contributed by atoms with E-state index in [-0.39, 0.29) is 5.75 Å². The van der Waals surface area contributed by atoms with Gasteiger partial charge in [-0.3, -0.25) is 0 Å². The van der Waals surface area contributed by atoms with Crippen molar-refractivity contribution in [3.63, 3.8) is 0 Å². The van der Waals surface area contributed by atoms with Gasteiger partial charge in [0.15, 0.2) is 0 Å². The van der Waals surface area contributed by atoms with Crippen molar-refractivity contribution in [2.45, 2.75) is 6.92 Å². The van der Waals surface area contributed by atoms with Crippen LogP contribution in [0.25, 0.3) is 11.3 Å². The first-order valence-electron chi connectivity index (χ1n) is 7.20. The first kappa shape index (κ1) is 14.7. The van der Waals surface area contributed by atoms with E-state index in [0.717, 1.165) is 22.5 Å². The van der Waals surface area contributed by atoms with Crippen molar-refractivity contribution in [1.82, 2.24) is 9.97 Å². The van der Waals surface area contributed by atoms with Crippen LogP contribution in [0.2, 0.25) is 0 Å². The molecule has 114 valence electrons. The molecule has 0 saturated heterocycles. The molecule has 2 aromatic carbocycles. The number of aromatic hydroxyl groups is 1. The minimum atomic E-state index is 0.227. The van der Waals surface area contributed by atoms with Gasteiger partial charge in [-0.2, -0.15) is 5.10 Å². The van der Waals surface area contributed by atoms with Gasteiger partial charge < -0.3 is 5.11 Å². The first-order valence-corrected chi connectivity index (χ1v) is 7.20. The second kappa shape index (κ2) is 6.70. The van der Waals surface area contributed by atoms with E-state index < -0.39 is 0 Å². The Bertz CT molecular complexity index is 814. The fourth-order valence-electron chi connectivity index (χ4n) is 2.10. The zero-order chi connectivity index (χ0) is 16.1. The lowest BCUT2D eigenvalue weighted by Crippen LogP contribution is -2.00. The van der Waals surface area contributed by atoms with E-state index in [4.69, 9.17) is 0 Å². The van der Waals surface area contributed by atoms with E-state index in [1.54, 1.807) is 30.5 Å². The maximum Gasteiger partial charge on any atom is 0.244 e. The number of hydrazone groups is 1. The summed E-state index contributed by atoms with van der Waals surface area (Å²) in [5.41, 5.74) is 6.45. The second-order valence-corrected chi connectivity index (χ2v) is 5.05. The molecule has 0 fully saturated rings. The standard InChI is InChI=1S/C18H16N4O/c1-13-11-17(15-5-3-2-4-6-15)21-18(20-13)22-19-12-14-7-9-16(23)10-8-14/h2-12,23H,1H3,(H,20,21,22)/b19-12-. The Balaban J connectivity index is 1.78. The van der Waals surface area contributed by atoms with Gasteiger partial charge in [0.2, 0.25) is 5.95 Å². The zero-order valence-corrected chi connectivity index (χ0v) is 12.6. The van der Waals surface area contributed by atoms with Gasteiger partial charge in [0.1, 0.15) is 5.75 Å². The highest BCUT2D eigenvalue weighted by Gasteiger charge is 2.03.